The van der Waals surface area contributed by atoms with E-state index >= 15 is 0 Å². The highest BCUT2D eigenvalue weighted by atomic mass is 35.5. The van der Waals surface area contributed by atoms with Gasteiger partial charge in [-0.05, 0) is 29.5 Å². The fraction of sp³-hybridized carbons (Fsp3) is 0.500. The number of hydrogen-bond acceptors (Lipinski definition) is 4. The largest absolute Gasteiger partial charge is 0.465 e. The van der Waals surface area contributed by atoms with Crippen molar-refractivity contribution in [2.24, 2.45) is 5.92 Å². The van der Waals surface area contributed by atoms with Crippen molar-refractivity contribution in [1.29, 1.82) is 0 Å². The Morgan fingerprint density at radius 1 is 1.21 bits per heavy atom. The molecule has 1 aromatic heterocycles. The Balaban J connectivity index is 4.03. The molecule has 0 fully saturated rings. The Kier molecular flexibility index (Phi) is 6.26. The highest BCUT2D eigenvalue weighted by Crippen LogP contribution is 2.38. The Morgan fingerprint density at radius 2 is 1.75 bits per heavy atom. The van der Waals surface area contributed by atoms with Gasteiger partial charge in [0.1, 0.15) is 5.69 Å². The summed E-state index contributed by atoms with van der Waals surface area (Å²) in [6, 6.07) is 0. The lowest BCUT2D eigenvalue weighted by Crippen LogP contribution is -2.24. The molecule has 0 radical (unpaired) electrons. The average molecular weight is 374 g/mol. The number of halogens is 6. The number of pyridine rings is 1. The molecule has 0 bridgehead atoms. The molecule has 1 rings (SSSR count). The van der Waals surface area contributed by atoms with Gasteiger partial charge in [-0.25, -0.2) is 18.6 Å². The lowest BCUT2D eigenvalue weighted by molar-refractivity contribution is -0.142. The van der Waals surface area contributed by atoms with E-state index in [0.717, 1.165) is 7.11 Å². The molecule has 0 N–H and O–H groups in total. The van der Waals surface area contributed by atoms with Gasteiger partial charge < -0.3 is 4.74 Å². The first-order chi connectivity index (χ1) is 10.9. The van der Waals surface area contributed by atoms with Crippen LogP contribution >= 0.6 is 11.6 Å². The highest BCUT2D eigenvalue weighted by molar-refractivity contribution is 6.68. The van der Waals surface area contributed by atoms with Crippen LogP contribution in [0.2, 0.25) is 0 Å². The van der Waals surface area contributed by atoms with Gasteiger partial charge in [0.15, 0.2) is 5.69 Å². The molecule has 1 heterocycles. The SMILES string of the molecule is COC(=O)c1c(C(F)(F)F)nc(C(F)F)c(C(=O)Cl)c1CC(C)C. The number of carbonyl (C=O) groups excluding carboxylic acids is 2. The van der Waals surface area contributed by atoms with Gasteiger partial charge in [-0.1, -0.05) is 13.8 Å². The molecule has 10 heteroatoms. The number of aromatic nitrogens is 1. The molecule has 0 aliphatic heterocycles. The minimum atomic E-state index is -5.20. The Bertz CT molecular complexity index is 659. The molecular formula is C14H13ClF5NO3. The molecule has 24 heavy (non-hydrogen) atoms. The number of alkyl halides is 5. The second-order valence-electron chi connectivity index (χ2n) is 5.24. The predicted octanol–water partition coefficient (Wildman–Crippen LogP) is 4.40. The number of ether oxygens (including phenoxy) is 1. The van der Waals surface area contributed by atoms with E-state index < -0.39 is 51.9 Å². The minimum absolute atomic E-state index is 0.274. The number of hydrogen-bond donors (Lipinski definition) is 0. The zero-order valence-electron chi connectivity index (χ0n) is 12.8. The van der Waals surface area contributed by atoms with Crippen molar-refractivity contribution in [1.82, 2.24) is 4.98 Å². The number of nitrogens with zero attached hydrogens (tertiary/aromatic N) is 1. The summed E-state index contributed by atoms with van der Waals surface area (Å²) in [5.74, 6) is -1.80. The molecular weight excluding hydrogens is 361 g/mol. The topological polar surface area (TPSA) is 56.3 Å². The standard InChI is InChI=1S/C14H13ClF5NO3/c1-5(2)4-6-7(11(15)22)9(12(16)17)21-10(14(18,19)20)8(6)13(23)24-3/h5,12H,4H2,1-3H3. The van der Waals surface area contributed by atoms with Crippen LogP contribution in [0, 0.1) is 5.92 Å². The molecule has 0 aromatic carbocycles. The van der Waals surface area contributed by atoms with E-state index in [2.05, 4.69) is 9.72 Å². The van der Waals surface area contributed by atoms with Crippen LogP contribution in [0.4, 0.5) is 22.0 Å². The Labute approximate surface area is 139 Å². The minimum Gasteiger partial charge on any atom is -0.465 e. The van der Waals surface area contributed by atoms with E-state index in [1.54, 1.807) is 13.8 Å². The molecule has 0 unspecified atom stereocenters. The van der Waals surface area contributed by atoms with Crippen LogP contribution in [0.15, 0.2) is 0 Å². The van der Waals surface area contributed by atoms with Crippen LogP contribution in [0.25, 0.3) is 0 Å². The van der Waals surface area contributed by atoms with Gasteiger partial charge in [-0.3, -0.25) is 4.79 Å². The van der Waals surface area contributed by atoms with E-state index in [0.29, 0.717) is 0 Å². The summed E-state index contributed by atoms with van der Waals surface area (Å²) in [7, 11) is 0.824. The summed E-state index contributed by atoms with van der Waals surface area (Å²) in [5, 5.41) is -1.42. The smallest absolute Gasteiger partial charge is 0.434 e. The quantitative estimate of drug-likeness (QED) is 0.436. The predicted molar refractivity (Wildman–Crippen MR) is 74.3 cm³/mol. The molecule has 0 saturated carbocycles. The van der Waals surface area contributed by atoms with Gasteiger partial charge in [0.05, 0.1) is 18.2 Å². The van der Waals surface area contributed by atoms with Crippen LogP contribution in [0.1, 0.15) is 57.9 Å². The molecule has 0 spiro atoms. The highest BCUT2D eigenvalue weighted by Gasteiger charge is 2.42. The monoisotopic (exact) mass is 373 g/mol. The van der Waals surface area contributed by atoms with E-state index in [4.69, 9.17) is 11.6 Å². The maximum atomic E-state index is 13.2. The Morgan fingerprint density at radius 3 is 2.08 bits per heavy atom. The van der Waals surface area contributed by atoms with Gasteiger partial charge in [0.25, 0.3) is 11.7 Å². The van der Waals surface area contributed by atoms with Gasteiger partial charge >= 0.3 is 12.1 Å². The van der Waals surface area contributed by atoms with Crippen molar-refractivity contribution in [3.8, 4) is 0 Å². The van der Waals surface area contributed by atoms with Crippen molar-refractivity contribution in [2.45, 2.75) is 32.9 Å². The third-order valence-electron chi connectivity index (χ3n) is 3.00. The summed E-state index contributed by atoms with van der Waals surface area (Å²) >= 11 is 5.28. The van der Waals surface area contributed by atoms with E-state index in [1.807, 2.05) is 0 Å². The fourth-order valence-electron chi connectivity index (χ4n) is 2.17. The molecule has 0 atom stereocenters. The average Bonchev–Trinajstić information content (AvgIpc) is 2.42. The molecule has 0 saturated heterocycles. The third kappa shape index (κ3) is 4.19. The van der Waals surface area contributed by atoms with Gasteiger partial charge in [0, 0.05) is 0 Å². The number of carbonyl (C=O) groups is 2. The first kappa shape index (κ1) is 20.3. The van der Waals surface area contributed by atoms with Gasteiger partial charge in [0.2, 0.25) is 0 Å². The number of esters is 1. The van der Waals surface area contributed by atoms with E-state index in [-0.39, 0.29) is 12.3 Å². The second kappa shape index (κ2) is 7.42. The zero-order chi connectivity index (χ0) is 18.8. The van der Waals surface area contributed by atoms with E-state index in [1.165, 1.54) is 0 Å². The van der Waals surface area contributed by atoms with Crippen molar-refractivity contribution in [2.75, 3.05) is 7.11 Å². The van der Waals surface area contributed by atoms with Crippen LogP contribution in [0.5, 0.6) is 0 Å². The van der Waals surface area contributed by atoms with Crippen LogP contribution in [0.3, 0.4) is 0 Å². The van der Waals surface area contributed by atoms with Crippen LogP contribution in [-0.2, 0) is 17.3 Å². The third-order valence-corrected chi connectivity index (χ3v) is 3.19. The molecule has 0 aliphatic rings. The van der Waals surface area contributed by atoms with Crippen molar-refractivity contribution in [3.63, 3.8) is 0 Å². The summed E-state index contributed by atoms with van der Waals surface area (Å²) in [4.78, 5) is 26.2. The van der Waals surface area contributed by atoms with Crippen LogP contribution in [-0.4, -0.2) is 23.3 Å². The van der Waals surface area contributed by atoms with Crippen molar-refractivity contribution in [3.05, 3.63) is 28.1 Å². The van der Waals surface area contributed by atoms with Gasteiger partial charge in [-0.2, -0.15) is 13.2 Å². The maximum absolute atomic E-state index is 13.2. The molecule has 0 amide bonds. The summed E-state index contributed by atoms with van der Waals surface area (Å²) in [6.07, 6.45) is -8.96. The molecule has 4 nitrogen and oxygen atoms in total. The van der Waals surface area contributed by atoms with Gasteiger partial charge in [-0.15, -0.1) is 0 Å². The second-order valence-corrected chi connectivity index (χ2v) is 5.58. The van der Waals surface area contributed by atoms with Crippen LogP contribution < -0.4 is 0 Å². The summed E-state index contributed by atoms with van der Waals surface area (Å²) < 4.78 is 70.2. The normalized spacial score (nSPS) is 12.0. The first-order valence-electron chi connectivity index (χ1n) is 6.62. The number of methoxy groups -OCH3 is 1. The lowest BCUT2D eigenvalue weighted by Gasteiger charge is -2.20. The lowest BCUT2D eigenvalue weighted by atomic mass is 9.91. The zero-order valence-corrected chi connectivity index (χ0v) is 13.6. The summed E-state index contributed by atoms with van der Waals surface area (Å²) in [6.45, 7) is 3.14. The van der Waals surface area contributed by atoms with Crippen molar-refractivity contribution < 1.29 is 36.3 Å². The Hall–Kier alpha value is -1.77. The molecule has 134 valence electrons. The summed E-state index contributed by atoms with van der Waals surface area (Å²) in [5.41, 5.74) is -5.76. The number of rotatable bonds is 5. The van der Waals surface area contributed by atoms with E-state index in [9.17, 15) is 31.5 Å². The molecule has 1 aromatic rings. The first-order valence-corrected chi connectivity index (χ1v) is 6.99. The molecule has 0 aliphatic carbocycles. The van der Waals surface area contributed by atoms with Crippen molar-refractivity contribution >= 4 is 22.8 Å². The fourth-order valence-corrected chi connectivity index (χ4v) is 2.38. The maximum Gasteiger partial charge on any atom is 0.434 e.